The van der Waals surface area contributed by atoms with Crippen LogP contribution in [0.3, 0.4) is 0 Å². The fourth-order valence-corrected chi connectivity index (χ4v) is 2.77. The van der Waals surface area contributed by atoms with Crippen molar-refractivity contribution in [1.82, 2.24) is 25.2 Å². The van der Waals surface area contributed by atoms with Gasteiger partial charge in [0.1, 0.15) is 11.5 Å². The second-order valence-electron chi connectivity index (χ2n) is 6.07. The van der Waals surface area contributed by atoms with E-state index in [0.717, 1.165) is 30.8 Å². The van der Waals surface area contributed by atoms with Crippen LogP contribution in [0.2, 0.25) is 0 Å². The smallest absolute Gasteiger partial charge is 0.274 e. The van der Waals surface area contributed by atoms with E-state index in [1.54, 1.807) is 0 Å². The first kappa shape index (κ1) is 17.8. The average molecular weight is 354 g/mol. The number of anilines is 1. The maximum absolute atomic E-state index is 12.6. The van der Waals surface area contributed by atoms with E-state index >= 15 is 0 Å². The monoisotopic (exact) mass is 354 g/mol. The summed E-state index contributed by atoms with van der Waals surface area (Å²) < 4.78 is 0. The SMILES string of the molecule is O=C1CN(C(=O)c2cnccn2)CCCCc2cccc(n2)NCCN1. The summed E-state index contributed by atoms with van der Waals surface area (Å²) in [5.74, 6) is 0.342. The summed E-state index contributed by atoms with van der Waals surface area (Å²) >= 11 is 0. The molecule has 0 radical (unpaired) electrons. The van der Waals surface area contributed by atoms with Crippen molar-refractivity contribution < 1.29 is 9.59 Å². The lowest BCUT2D eigenvalue weighted by molar-refractivity contribution is -0.121. The Balaban J connectivity index is 1.70. The van der Waals surface area contributed by atoms with E-state index < -0.39 is 0 Å². The number of fused-ring (bicyclic) bond motifs is 2. The van der Waals surface area contributed by atoms with Crippen molar-refractivity contribution >= 4 is 17.6 Å². The van der Waals surface area contributed by atoms with Crippen LogP contribution in [0.1, 0.15) is 29.0 Å². The Morgan fingerprint density at radius 1 is 1.12 bits per heavy atom. The van der Waals surface area contributed by atoms with E-state index in [4.69, 9.17) is 0 Å². The number of rotatable bonds is 1. The Labute approximate surface area is 152 Å². The van der Waals surface area contributed by atoms with Gasteiger partial charge in [-0.05, 0) is 31.4 Å². The molecule has 2 aromatic rings. The number of carbonyl (C=O) groups excluding carboxylic acids is 2. The van der Waals surface area contributed by atoms with E-state index in [-0.39, 0.29) is 24.1 Å². The van der Waals surface area contributed by atoms with Crippen molar-refractivity contribution in [2.45, 2.75) is 19.3 Å². The molecule has 2 N–H and O–H groups in total. The molecule has 0 saturated carbocycles. The second-order valence-corrected chi connectivity index (χ2v) is 6.07. The third-order valence-electron chi connectivity index (χ3n) is 4.07. The summed E-state index contributed by atoms with van der Waals surface area (Å²) in [5.41, 5.74) is 1.26. The van der Waals surface area contributed by atoms with E-state index in [9.17, 15) is 9.59 Å². The highest BCUT2D eigenvalue weighted by Crippen LogP contribution is 2.09. The van der Waals surface area contributed by atoms with Crippen LogP contribution < -0.4 is 10.6 Å². The first-order valence-electron chi connectivity index (χ1n) is 8.74. The fraction of sp³-hybridized carbons (Fsp3) is 0.389. The highest BCUT2D eigenvalue weighted by Gasteiger charge is 2.20. The predicted molar refractivity (Wildman–Crippen MR) is 96.6 cm³/mol. The lowest BCUT2D eigenvalue weighted by atomic mass is 10.1. The van der Waals surface area contributed by atoms with Crippen LogP contribution in [0.25, 0.3) is 0 Å². The summed E-state index contributed by atoms with van der Waals surface area (Å²) in [6.07, 6.45) is 6.89. The molecule has 2 amide bonds. The van der Waals surface area contributed by atoms with Gasteiger partial charge in [-0.25, -0.2) is 9.97 Å². The number of amides is 2. The lowest BCUT2D eigenvalue weighted by Crippen LogP contribution is -2.42. The van der Waals surface area contributed by atoms with Gasteiger partial charge in [-0.1, -0.05) is 6.07 Å². The minimum Gasteiger partial charge on any atom is -0.368 e. The zero-order valence-electron chi connectivity index (χ0n) is 14.5. The highest BCUT2D eigenvalue weighted by atomic mass is 16.2. The van der Waals surface area contributed by atoms with Gasteiger partial charge in [0, 0.05) is 37.7 Å². The van der Waals surface area contributed by atoms with Gasteiger partial charge in [0.15, 0.2) is 0 Å². The molecule has 0 aromatic carbocycles. The number of aromatic nitrogens is 3. The minimum absolute atomic E-state index is 0.0129. The largest absolute Gasteiger partial charge is 0.368 e. The zero-order valence-corrected chi connectivity index (χ0v) is 14.5. The number of nitrogens with one attached hydrogen (secondary N) is 2. The van der Waals surface area contributed by atoms with Crippen LogP contribution in [-0.4, -0.2) is 57.8 Å². The van der Waals surface area contributed by atoms with Crippen LogP contribution in [0.15, 0.2) is 36.8 Å². The van der Waals surface area contributed by atoms with Crippen LogP contribution in [0, 0.1) is 0 Å². The van der Waals surface area contributed by atoms with Crippen LogP contribution in [-0.2, 0) is 11.2 Å². The maximum atomic E-state index is 12.6. The molecule has 8 heteroatoms. The number of pyridine rings is 1. The number of nitrogens with zero attached hydrogens (tertiary/aromatic N) is 4. The van der Waals surface area contributed by atoms with Gasteiger partial charge in [0.2, 0.25) is 5.91 Å². The summed E-state index contributed by atoms with van der Waals surface area (Å²) in [4.78, 5) is 38.9. The molecule has 3 heterocycles. The summed E-state index contributed by atoms with van der Waals surface area (Å²) in [5, 5.41) is 6.02. The molecule has 0 spiro atoms. The van der Waals surface area contributed by atoms with Crippen molar-refractivity contribution in [1.29, 1.82) is 0 Å². The molecule has 26 heavy (non-hydrogen) atoms. The molecule has 3 rings (SSSR count). The Morgan fingerprint density at radius 3 is 2.85 bits per heavy atom. The van der Waals surface area contributed by atoms with Crippen molar-refractivity contribution in [3.05, 3.63) is 48.2 Å². The van der Waals surface area contributed by atoms with Gasteiger partial charge in [-0.2, -0.15) is 0 Å². The van der Waals surface area contributed by atoms with Crippen molar-refractivity contribution in [2.75, 3.05) is 31.5 Å². The quantitative estimate of drug-likeness (QED) is 0.788. The second kappa shape index (κ2) is 8.89. The third-order valence-corrected chi connectivity index (χ3v) is 4.07. The molecule has 0 atom stereocenters. The summed E-state index contributed by atoms with van der Waals surface area (Å²) in [6, 6.07) is 5.89. The van der Waals surface area contributed by atoms with Gasteiger partial charge in [-0.3, -0.25) is 14.6 Å². The lowest BCUT2D eigenvalue weighted by Gasteiger charge is -2.22. The maximum Gasteiger partial charge on any atom is 0.274 e. The molecule has 8 nitrogen and oxygen atoms in total. The van der Waals surface area contributed by atoms with Crippen LogP contribution in [0.4, 0.5) is 5.82 Å². The van der Waals surface area contributed by atoms with Gasteiger partial charge < -0.3 is 15.5 Å². The molecule has 0 aliphatic carbocycles. The topological polar surface area (TPSA) is 100 Å². The Hall–Kier alpha value is -3.03. The fourth-order valence-electron chi connectivity index (χ4n) is 2.77. The minimum atomic E-state index is -0.279. The van der Waals surface area contributed by atoms with E-state index in [0.29, 0.717) is 19.6 Å². The van der Waals surface area contributed by atoms with E-state index in [2.05, 4.69) is 25.6 Å². The normalized spacial score (nSPS) is 16.2. The van der Waals surface area contributed by atoms with E-state index in [1.807, 2.05) is 18.2 Å². The molecule has 136 valence electrons. The van der Waals surface area contributed by atoms with E-state index in [1.165, 1.54) is 23.5 Å². The molecule has 0 fully saturated rings. The van der Waals surface area contributed by atoms with Crippen molar-refractivity contribution in [3.8, 4) is 0 Å². The van der Waals surface area contributed by atoms with Gasteiger partial charge in [0.25, 0.3) is 5.91 Å². The highest BCUT2D eigenvalue weighted by molar-refractivity contribution is 5.94. The average Bonchev–Trinajstić information content (AvgIpc) is 2.67. The number of aryl methyl sites for hydroxylation is 1. The van der Waals surface area contributed by atoms with Gasteiger partial charge in [0.05, 0.1) is 12.7 Å². The zero-order chi connectivity index (χ0) is 18.2. The molecule has 0 saturated heterocycles. The Morgan fingerprint density at radius 2 is 2.00 bits per heavy atom. The van der Waals surface area contributed by atoms with Crippen molar-refractivity contribution in [2.24, 2.45) is 0 Å². The van der Waals surface area contributed by atoms with Gasteiger partial charge >= 0.3 is 0 Å². The van der Waals surface area contributed by atoms with Crippen molar-refractivity contribution in [3.63, 3.8) is 0 Å². The molecular formula is C18H22N6O2. The molecule has 2 bridgehead atoms. The van der Waals surface area contributed by atoms with Crippen LogP contribution >= 0.6 is 0 Å². The Bertz CT molecular complexity index is 752. The molecule has 1 aliphatic rings. The molecular weight excluding hydrogens is 332 g/mol. The standard InChI is InChI=1S/C18H22N6O2/c25-17-13-24(18(26)15-12-19-7-8-20-15)11-2-1-4-14-5-3-6-16(23-14)21-9-10-22-17/h3,5-8,12H,1-2,4,9-11,13H2,(H,21,23)(H,22,25). The first-order chi connectivity index (χ1) is 12.7. The number of hydrogen-bond donors (Lipinski definition) is 2. The summed E-state index contributed by atoms with van der Waals surface area (Å²) in [6.45, 7) is 1.53. The third kappa shape index (κ3) is 4.98. The van der Waals surface area contributed by atoms with Crippen LogP contribution in [0.5, 0.6) is 0 Å². The Kier molecular flexibility index (Phi) is 6.08. The number of carbonyl (C=O) groups is 2. The summed E-state index contributed by atoms with van der Waals surface area (Å²) in [7, 11) is 0. The first-order valence-corrected chi connectivity index (χ1v) is 8.74. The molecule has 0 unspecified atom stereocenters. The molecule has 2 aromatic heterocycles. The number of hydrogen-bond acceptors (Lipinski definition) is 6. The molecule has 1 aliphatic heterocycles. The van der Waals surface area contributed by atoms with Gasteiger partial charge in [-0.15, -0.1) is 0 Å². The predicted octanol–water partition coefficient (Wildman–Crippen LogP) is 0.878.